The lowest BCUT2D eigenvalue weighted by Crippen LogP contribution is -2.54. The SMILES string of the molecule is CNC[C@H](C[C@H]1CC[C@@H](OC)CC1)NC(=O)N1CCC[C@@H]([C@@](O)(CCCCOC)c2cccc(F)c2F)C1. The van der Waals surface area contributed by atoms with E-state index in [1.807, 2.05) is 7.05 Å². The van der Waals surface area contributed by atoms with E-state index in [2.05, 4.69) is 10.6 Å². The van der Waals surface area contributed by atoms with Gasteiger partial charge in [0.05, 0.1) is 11.7 Å². The van der Waals surface area contributed by atoms with Gasteiger partial charge < -0.3 is 30.1 Å². The number of hydrogen-bond acceptors (Lipinski definition) is 5. The second-order valence-corrected chi connectivity index (χ2v) is 11.1. The van der Waals surface area contributed by atoms with E-state index in [9.17, 15) is 18.7 Å². The summed E-state index contributed by atoms with van der Waals surface area (Å²) in [4.78, 5) is 15.1. The summed E-state index contributed by atoms with van der Waals surface area (Å²) >= 11 is 0. The number of likely N-dealkylation sites (tertiary alicyclic amines) is 1. The van der Waals surface area contributed by atoms with Gasteiger partial charge in [-0.2, -0.15) is 0 Å². The molecular weight excluding hydrogens is 492 g/mol. The molecule has 1 heterocycles. The van der Waals surface area contributed by atoms with Crippen molar-refractivity contribution in [3.63, 3.8) is 0 Å². The first kappa shape index (κ1) is 30.7. The van der Waals surface area contributed by atoms with Gasteiger partial charge >= 0.3 is 6.03 Å². The maximum atomic E-state index is 14.9. The van der Waals surface area contributed by atoms with Crippen LogP contribution in [0.1, 0.15) is 69.8 Å². The minimum Gasteiger partial charge on any atom is -0.385 e. The number of rotatable bonds is 13. The Balaban J connectivity index is 1.69. The highest BCUT2D eigenvalue weighted by molar-refractivity contribution is 5.74. The fraction of sp³-hybridized carbons (Fsp3) is 0.759. The van der Waals surface area contributed by atoms with Crippen molar-refractivity contribution in [1.82, 2.24) is 15.5 Å². The zero-order valence-electron chi connectivity index (χ0n) is 23.3. The van der Waals surface area contributed by atoms with Crippen LogP contribution in [0.25, 0.3) is 0 Å². The molecule has 3 atom stereocenters. The number of nitrogens with zero attached hydrogens (tertiary/aromatic N) is 1. The van der Waals surface area contributed by atoms with Crippen LogP contribution in [0.5, 0.6) is 0 Å². The largest absolute Gasteiger partial charge is 0.385 e. The van der Waals surface area contributed by atoms with Crippen molar-refractivity contribution in [2.24, 2.45) is 11.8 Å². The van der Waals surface area contributed by atoms with Crippen LogP contribution >= 0.6 is 0 Å². The third kappa shape index (κ3) is 8.10. The average Bonchev–Trinajstić information content (AvgIpc) is 2.93. The third-order valence-corrected chi connectivity index (χ3v) is 8.48. The number of aliphatic hydroxyl groups is 1. The molecule has 0 spiro atoms. The number of amides is 2. The maximum Gasteiger partial charge on any atom is 0.317 e. The molecule has 1 saturated heterocycles. The van der Waals surface area contributed by atoms with Crippen LogP contribution in [0.15, 0.2) is 18.2 Å². The van der Waals surface area contributed by atoms with Crippen molar-refractivity contribution in [2.75, 3.05) is 47.5 Å². The Kier molecular flexibility index (Phi) is 12.2. The number of hydrogen-bond donors (Lipinski definition) is 3. The Bertz CT molecular complexity index is 868. The van der Waals surface area contributed by atoms with Gasteiger partial charge in [0.25, 0.3) is 0 Å². The van der Waals surface area contributed by atoms with Crippen molar-refractivity contribution < 1.29 is 28.2 Å². The van der Waals surface area contributed by atoms with Crippen molar-refractivity contribution in [2.45, 2.75) is 82.0 Å². The molecule has 2 fully saturated rings. The quantitative estimate of drug-likeness (QED) is 0.320. The van der Waals surface area contributed by atoms with Crippen LogP contribution in [0.4, 0.5) is 13.6 Å². The molecule has 216 valence electrons. The lowest BCUT2D eigenvalue weighted by atomic mass is 9.74. The molecule has 3 rings (SSSR count). The second kappa shape index (κ2) is 15.1. The van der Waals surface area contributed by atoms with E-state index in [1.165, 1.54) is 12.1 Å². The maximum absolute atomic E-state index is 14.9. The number of likely N-dealkylation sites (N-methyl/N-ethyl adjacent to an activating group) is 1. The van der Waals surface area contributed by atoms with Crippen LogP contribution < -0.4 is 10.6 Å². The molecule has 0 aromatic heterocycles. The first-order valence-electron chi connectivity index (χ1n) is 14.2. The predicted octanol–water partition coefficient (Wildman–Crippen LogP) is 4.57. The van der Waals surface area contributed by atoms with Crippen LogP contribution in [-0.2, 0) is 15.1 Å². The summed E-state index contributed by atoms with van der Waals surface area (Å²) in [7, 11) is 5.27. The van der Waals surface area contributed by atoms with E-state index in [-0.39, 0.29) is 30.6 Å². The third-order valence-electron chi connectivity index (χ3n) is 8.48. The number of carbonyl (C=O) groups is 1. The van der Waals surface area contributed by atoms with Crippen molar-refractivity contribution >= 4 is 6.03 Å². The van der Waals surface area contributed by atoms with Gasteiger partial charge in [0.1, 0.15) is 0 Å². The van der Waals surface area contributed by atoms with E-state index in [0.29, 0.717) is 57.4 Å². The number of piperidine rings is 1. The monoisotopic (exact) mass is 539 g/mol. The molecule has 1 aliphatic carbocycles. The zero-order chi connectivity index (χ0) is 27.5. The Labute approximate surface area is 226 Å². The lowest BCUT2D eigenvalue weighted by molar-refractivity contribution is -0.0591. The summed E-state index contributed by atoms with van der Waals surface area (Å²) in [5, 5.41) is 18.3. The summed E-state index contributed by atoms with van der Waals surface area (Å²) < 4.78 is 39.8. The molecule has 7 nitrogen and oxygen atoms in total. The number of methoxy groups -OCH3 is 2. The van der Waals surface area contributed by atoms with Gasteiger partial charge in [-0.25, -0.2) is 13.6 Å². The summed E-state index contributed by atoms with van der Waals surface area (Å²) in [6, 6.07) is 3.79. The minimum absolute atomic E-state index is 0.00874. The number of carbonyl (C=O) groups excluding carboxylic acids is 1. The van der Waals surface area contributed by atoms with Crippen molar-refractivity contribution in [1.29, 1.82) is 0 Å². The Morgan fingerprint density at radius 3 is 2.63 bits per heavy atom. The molecule has 2 amide bonds. The molecule has 38 heavy (non-hydrogen) atoms. The van der Waals surface area contributed by atoms with Gasteiger partial charge in [-0.1, -0.05) is 12.1 Å². The number of nitrogens with one attached hydrogen (secondary N) is 2. The minimum atomic E-state index is -1.58. The standard InChI is InChI=1S/C29H47F2N3O4/c1-32-19-23(18-21-11-13-24(38-3)14-12-21)33-28(35)34-16-7-8-22(20-34)29(36,15-4-5-17-37-2)25-9-6-10-26(30)27(25)31/h6,9-10,21-24,32,36H,4-5,7-8,11-20H2,1-3H3,(H,33,35)/t21-,22-,23+,24+,29+/m1/s1. The molecule has 2 aliphatic rings. The Hall–Kier alpha value is -1.81. The number of unbranched alkanes of at least 4 members (excludes halogenated alkanes) is 1. The average molecular weight is 540 g/mol. The summed E-state index contributed by atoms with van der Waals surface area (Å²) in [5.74, 6) is -1.85. The molecule has 1 aromatic rings. The van der Waals surface area contributed by atoms with Crippen LogP contribution in [0, 0.1) is 23.5 Å². The zero-order valence-corrected chi connectivity index (χ0v) is 23.3. The van der Waals surface area contributed by atoms with Crippen LogP contribution in [0.2, 0.25) is 0 Å². The number of halogens is 2. The Morgan fingerprint density at radius 1 is 1.18 bits per heavy atom. The summed E-state index contributed by atoms with van der Waals surface area (Å²) in [5.41, 5.74) is -1.61. The van der Waals surface area contributed by atoms with Crippen LogP contribution in [-0.4, -0.2) is 75.7 Å². The first-order valence-corrected chi connectivity index (χ1v) is 14.2. The summed E-state index contributed by atoms with van der Waals surface area (Å²) in [6.45, 7) is 2.05. The van der Waals surface area contributed by atoms with E-state index >= 15 is 0 Å². The van der Waals surface area contributed by atoms with E-state index in [0.717, 1.165) is 38.2 Å². The van der Waals surface area contributed by atoms with E-state index in [4.69, 9.17) is 9.47 Å². The highest BCUT2D eigenvalue weighted by Gasteiger charge is 2.43. The molecular formula is C29H47F2N3O4. The van der Waals surface area contributed by atoms with Crippen LogP contribution in [0.3, 0.4) is 0 Å². The number of urea groups is 1. The normalized spacial score (nSPS) is 24.6. The fourth-order valence-electron chi connectivity index (χ4n) is 6.30. The lowest BCUT2D eigenvalue weighted by Gasteiger charge is -2.43. The molecule has 1 aromatic carbocycles. The van der Waals surface area contributed by atoms with Crippen molar-refractivity contribution in [3.8, 4) is 0 Å². The molecule has 3 N–H and O–H groups in total. The molecule has 0 bridgehead atoms. The van der Waals surface area contributed by atoms with E-state index in [1.54, 1.807) is 19.1 Å². The molecule has 0 radical (unpaired) electrons. The van der Waals surface area contributed by atoms with Gasteiger partial charge in [-0.05, 0) is 83.2 Å². The number of benzene rings is 1. The van der Waals surface area contributed by atoms with E-state index < -0.39 is 23.2 Å². The number of ether oxygens (including phenoxy) is 2. The highest BCUT2D eigenvalue weighted by atomic mass is 19.2. The van der Waals surface area contributed by atoms with Gasteiger partial charge in [0.15, 0.2) is 11.6 Å². The fourth-order valence-corrected chi connectivity index (χ4v) is 6.30. The first-order chi connectivity index (χ1) is 18.3. The molecule has 1 aliphatic heterocycles. The highest BCUT2D eigenvalue weighted by Crippen LogP contribution is 2.41. The smallest absolute Gasteiger partial charge is 0.317 e. The topological polar surface area (TPSA) is 83.1 Å². The van der Waals surface area contributed by atoms with Gasteiger partial charge in [-0.3, -0.25) is 0 Å². The molecule has 1 saturated carbocycles. The van der Waals surface area contributed by atoms with Gasteiger partial charge in [0.2, 0.25) is 0 Å². The predicted molar refractivity (Wildman–Crippen MR) is 144 cm³/mol. The molecule has 9 heteroatoms. The summed E-state index contributed by atoms with van der Waals surface area (Å²) in [6.07, 6.45) is 8.40. The second-order valence-electron chi connectivity index (χ2n) is 11.1. The molecule has 0 unspecified atom stereocenters. The Morgan fingerprint density at radius 2 is 1.95 bits per heavy atom. The van der Waals surface area contributed by atoms with Gasteiger partial charge in [0, 0.05) is 58.0 Å². The van der Waals surface area contributed by atoms with Crippen molar-refractivity contribution in [3.05, 3.63) is 35.4 Å². The van der Waals surface area contributed by atoms with Gasteiger partial charge in [-0.15, -0.1) is 0 Å².